The van der Waals surface area contributed by atoms with Crippen LogP contribution in [-0.4, -0.2) is 21.2 Å². The summed E-state index contributed by atoms with van der Waals surface area (Å²) >= 11 is 0. The highest BCUT2D eigenvalue weighted by Crippen LogP contribution is 2.39. The van der Waals surface area contributed by atoms with Gasteiger partial charge in [-0.2, -0.15) is 5.10 Å². The number of primary amides is 1. The molecule has 2 rings (SSSR count). The van der Waals surface area contributed by atoms with Crippen molar-refractivity contribution in [3.63, 3.8) is 0 Å². The van der Waals surface area contributed by atoms with Crippen LogP contribution >= 0.6 is 0 Å². The number of nitrogens with zero attached hydrogens (tertiary/aromatic N) is 3. The van der Waals surface area contributed by atoms with E-state index in [9.17, 15) is 0 Å². The lowest BCUT2D eigenvalue weighted by Gasteiger charge is -2.31. The number of aromatic nitrogens is 3. The molecule has 27 heavy (non-hydrogen) atoms. The zero-order valence-corrected chi connectivity index (χ0v) is 17.9. The van der Waals surface area contributed by atoms with Crippen molar-refractivity contribution < 1.29 is 4.79 Å². The SMILES string of the molecule is CCCCC(C)(c1nc(CC)n(CC)n1)c1c(C)cccc1CC.NC=O. The summed E-state index contributed by atoms with van der Waals surface area (Å²) in [5, 5.41) is 4.92. The Morgan fingerprint density at radius 2 is 1.85 bits per heavy atom. The van der Waals surface area contributed by atoms with Gasteiger partial charge in [-0.05, 0) is 50.3 Å². The molecular formula is C22H36N4O. The summed E-state index contributed by atoms with van der Waals surface area (Å²) in [5.41, 5.74) is 8.28. The average Bonchev–Trinajstić information content (AvgIpc) is 3.10. The van der Waals surface area contributed by atoms with Crippen LogP contribution in [0.15, 0.2) is 18.2 Å². The maximum Gasteiger partial charge on any atom is 0.204 e. The van der Waals surface area contributed by atoms with Crippen LogP contribution in [-0.2, 0) is 29.6 Å². The molecule has 1 atom stereocenters. The van der Waals surface area contributed by atoms with Crippen molar-refractivity contribution in [1.29, 1.82) is 0 Å². The molecule has 0 aliphatic carbocycles. The average molecular weight is 373 g/mol. The van der Waals surface area contributed by atoms with Crippen molar-refractivity contribution in [3.05, 3.63) is 46.5 Å². The number of benzene rings is 1. The van der Waals surface area contributed by atoms with Crippen molar-refractivity contribution >= 4 is 6.41 Å². The molecule has 0 aliphatic rings. The highest BCUT2D eigenvalue weighted by Gasteiger charge is 2.36. The van der Waals surface area contributed by atoms with Crippen LogP contribution in [0.4, 0.5) is 0 Å². The number of nitrogens with two attached hydrogens (primary N) is 1. The van der Waals surface area contributed by atoms with E-state index in [1.165, 1.54) is 29.5 Å². The van der Waals surface area contributed by atoms with Gasteiger partial charge in [0.25, 0.3) is 0 Å². The van der Waals surface area contributed by atoms with E-state index >= 15 is 0 Å². The number of hydrogen-bond donors (Lipinski definition) is 1. The summed E-state index contributed by atoms with van der Waals surface area (Å²) in [4.78, 5) is 13.6. The minimum absolute atomic E-state index is 0.114. The first kappa shape index (κ1) is 22.9. The van der Waals surface area contributed by atoms with Gasteiger partial charge in [0, 0.05) is 13.0 Å². The predicted molar refractivity (Wildman–Crippen MR) is 112 cm³/mol. The Morgan fingerprint density at radius 3 is 2.33 bits per heavy atom. The molecule has 0 saturated carbocycles. The summed E-state index contributed by atoms with van der Waals surface area (Å²) in [5.74, 6) is 2.10. The first-order valence-corrected chi connectivity index (χ1v) is 10.1. The van der Waals surface area contributed by atoms with Crippen LogP contribution in [0.3, 0.4) is 0 Å². The third kappa shape index (κ3) is 5.18. The second-order valence-corrected chi connectivity index (χ2v) is 7.06. The van der Waals surface area contributed by atoms with Gasteiger partial charge in [0.15, 0.2) is 5.82 Å². The highest BCUT2D eigenvalue weighted by molar-refractivity contribution is 5.44. The molecule has 150 valence electrons. The van der Waals surface area contributed by atoms with E-state index in [2.05, 4.69) is 70.2 Å². The lowest BCUT2D eigenvalue weighted by Crippen LogP contribution is -2.28. The maximum atomic E-state index is 8.58. The van der Waals surface area contributed by atoms with Crippen LogP contribution in [0.5, 0.6) is 0 Å². The van der Waals surface area contributed by atoms with E-state index in [-0.39, 0.29) is 11.8 Å². The minimum atomic E-state index is -0.114. The van der Waals surface area contributed by atoms with Crippen molar-refractivity contribution in [3.8, 4) is 0 Å². The van der Waals surface area contributed by atoms with Gasteiger partial charge >= 0.3 is 0 Å². The molecule has 1 amide bonds. The van der Waals surface area contributed by atoms with Gasteiger partial charge in [-0.25, -0.2) is 4.98 Å². The minimum Gasteiger partial charge on any atom is -0.372 e. The van der Waals surface area contributed by atoms with Gasteiger partial charge in [-0.1, -0.05) is 51.8 Å². The Bertz CT molecular complexity index is 702. The number of carbonyl (C=O) groups is 1. The summed E-state index contributed by atoms with van der Waals surface area (Å²) < 4.78 is 2.07. The molecule has 0 radical (unpaired) electrons. The second-order valence-electron chi connectivity index (χ2n) is 7.06. The third-order valence-electron chi connectivity index (χ3n) is 5.18. The van der Waals surface area contributed by atoms with E-state index in [0.717, 1.165) is 37.5 Å². The predicted octanol–water partition coefficient (Wildman–Crippen LogP) is 4.33. The molecule has 0 bridgehead atoms. The standard InChI is InChI=1S/C21H33N3.CH3NO/c1-7-11-15-21(6,19-16(5)13-12-14-17(19)8-2)20-22-18(9-3)24(10-4)23-20;2-1-3/h12-14H,7-11,15H2,1-6H3;1H,(H2,2,3). The molecule has 1 heterocycles. The molecule has 5 nitrogen and oxygen atoms in total. The van der Waals surface area contributed by atoms with Gasteiger partial charge in [0.1, 0.15) is 5.82 Å². The Kier molecular flexibility index (Phi) is 9.19. The maximum absolute atomic E-state index is 8.58. The Balaban J connectivity index is 0.00000114. The molecule has 1 unspecified atom stereocenters. The fourth-order valence-corrected chi connectivity index (χ4v) is 3.81. The van der Waals surface area contributed by atoms with Crippen molar-refractivity contribution in [2.24, 2.45) is 5.73 Å². The lowest BCUT2D eigenvalue weighted by molar-refractivity contribution is -0.106. The first-order valence-electron chi connectivity index (χ1n) is 10.1. The molecule has 2 aromatic rings. The Labute approximate surface area is 164 Å². The largest absolute Gasteiger partial charge is 0.372 e. The summed E-state index contributed by atoms with van der Waals surface area (Å²) in [7, 11) is 0. The fourth-order valence-electron chi connectivity index (χ4n) is 3.81. The van der Waals surface area contributed by atoms with Crippen LogP contribution in [0.1, 0.15) is 82.2 Å². The normalized spacial score (nSPS) is 12.8. The molecule has 0 aliphatic heterocycles. The summed E-state index contributed by atoms with van der Waals surface area (Å²) in [6.07, 6.45) is 5.71. The van der Waals surface area contributed by atoms with Crippen molar-refractivity contribution in [2.45, 2.75) is 85.6 Å². The number of hydrogen-bond acceptors (Lipinski definition) is 3. The zero-order chi connectivity index (χ0) is 20.4. The number of rotatable bonds is 8. The smallest absolute Gasteiger partial charge is 0.204 e. The van der Waals surface area contributed by atoms with Crippen LogP contribution in [0.2, 0.25) is 0 Å². The lowest BCUT2D eigenvalue weighted by atomic mass is 9.73. The molecule has 5 heteroatoms. The molecule has 0 saturated heterocycles. The third-order valence-corrected chi connectivity index (χ3v) is 5.18. The molecule has 0 spiro atoms. The number of unbranched alkanes of at least 4 members (excludes halogenated alkanes) is 1. The highest BCUT2D eigenvalue weighted by atomic mass is 16.1. The van der Waals surface area contributed by atoms with Gasteiger partial charge in [-0.3, -0.25) is 9.48 Å². The van der Waals surface area contributed by atoms with Crippen LogP contribution < -0.4 is 5.73 Å². The molecule has 0 fully saturated rings. The van der Waals surface area contributed by atoms with E-state index in [0.29, 0.717) is 0 Å². The quantitative estimate of drug-likeness (QED) is 0.701. The van der Waals surface area contributed by atoms with E-state index in [4.69, 9.17) is 14.9 Å². The van der Waals surface area contributed by atoms with E-state index in [1.807, 2.05) is 0 Å². The number of carbonyl (C=O) groups excluding carboxylic acids is 1. The van der Waals surface area contributed by atoms with Crippen LogP contribution in [0.25, 0.3) is 0 Å². The summed E-state index contributed by atoms with van der Waals surface area (Å²) in [6.45, 7) is 14.3. The second kappa shape index (κ2) is 10.9. The van der Waals surface area contributed by atoms with Crippen molar-refractivity contribution in [1.82, 2.24) is 14.8 Å². The van der Waals surface area contributed by atoms with Gasteiger partial charge in [0.05, 0.1) is 5.41 Å². The topological polar surface area (TPSA) is 73.8 Å². The zero-order valence-electron chi connectivity index (χ0n) is 17.9. The van der Waals surface area contributed by atoms with Gasteiger partial charge < -0.3 is 5.73 Å². The molecule has 1 aromatic heterocycles. The van der Waals surface area contributed by atoms with E-state index < -0.39 is 0 Å². The van der Waals surface area contributed by atoms with Gasteiger partial charge in [0.2, 0.25) is 6.41 Å². The summed E-state index contributed by atoms with van der Waals surface area (Å²) in [6, 6.07) is 6.67. The van der Waals surface area contributed by atoms with E-state index in [1.54, 1.807) is 0 Å². The number of aryl methyl sites for hydroxylation is 4. The monoisotopic (exact) mass is 372 g/mol. The van der Waals surface area contributed by atoms with Gasteiger partial charge in [-0.15, -0.1) is 0 Å². The van der Waals surface area contributed by atoms with Crippen molar-refractivity contribution in [2.75, 3.05) is 0 Å². The fraction of sp³-hybridized carbons (Fsp3) is 0.591. The van der Waals surface area contributed by atoms with Crippen LogP contribution in [0, 0.1) is 6.92 Å². The Hall–Kier alpha value is -2.17. The number of amides is 1. The molecular weight excluding hydrogens is 336 g/mol. The molecule has 1 aromatic carbocycles. The first-order chi connectivity index (χ1) is 12.9. The Morgan fingerprint density at radius 1 is 1.19 bits per heavy atom. The molecule has 2 N–H and O–H groups in total.